The number of Topliss-reactive ketones (excluding diaryl/α,β-unsaturated/α-hetero) is 1. The first-order valence-corrected chi connectivity index (χ1v) is 4.58. The quantitative estimate of drug-likeness (QED) is 0.682. The third kappa shape index (κ3) is 1.99. The monoisotopic (exact) mass is 192 g/mol. The molecule has 3 heteroatoms. The average molecular weight is 192 g/mol. The molecule has 0 saturated heterocycles. The van der Waals surface area contributed by atoms with E-state index >= 15 is 0 Å². The topological polar surface area (TPSA) is 33.2 Å². The van der Waals surface area contributed by atoms with Crippen LogP contribution in [0.1, 0.15) is 24.2 Å². The Kier molecular flexibility index (Phi) is 3.01. The summed E-state index contributed by atoms with van der Waals surface area (Å²) in [6.45, 7) is 3.81. The van der Waals surface area contributed by atoms with Gasteiger partial charge in [0.05, 0.1) is 5.54 Å². The summed E-state index contributed by atoms with van der Waals surface area (Å²) < 4.78 is 0. The molecular weight excluding hydrogens is 176 g/mol. The van der Waals surface area contributed by atoms with Crippen molar-refractivity contribution in [2.45, 2.75) is 19.4 Å². The number of nitrogens with zero attached hydrogens (tertiary/aromatic N) is 2. The highest BCUT2D eigenvalue weighted by molar-refractivity contribution is 6.02. The van der Waals surface area contributed by atoms with Crippen molar-refractivity contribution in [3.05, 3.63) is 30.1 Å². The van der Waals surface area contributed by atoms with Gasteiger partial charge in [-0.25, -0.2) is 0 Å². The molecule has 0 unspecified atom stereocenters. The fourth-order valence-electron chi connectivity index (χ4n) is 1.05. The zero-order chi connectivity index (χ0) is 10.8. The van der Waals surface area contributed by atoms with Gasteiger partial charge in [-0.15, -0.1) is 0 Å². The van der Waals surface area contributed by atoms with Gasteiger partial charge in [0.2, 0.25) is 0 Å². The van der Waals surface area contributed by atoms with E-state index in [4.69, 9.17) is 0 Å². The van der Waals surface area contributed by atoms with Crippen molar-refractivity contribution < 1.29 is 4.79 Å². The number of carbonyl (C=O) groups is 1. The van der Waals surface area contributed by atoms with Crippen LogP contribution >= 0.6 is 0 Å². The van der Waals surface area contributed by atoms with Crippen LogP contribution in [0.4, 0.5) is 0 Å². The second-order valence-corrected chi connectivity index (χ2v) is 4.02. The average Bonchev–Trinajstić information content (AvgIpc) is 2.17. The number of pyridine rings is 1. The maximum absolute atomic E-state index is 12.0. The molecule has 0 bridgehead atoms. The molecule has 1 aromatic rings. The van der Waals surface area contributed by atoms with Gasteiger partial charge in [0.25, 0.3) is 0 Å². The predicted octanol–water partition coefficient (Wildman–Crippen LogP) is 1.60. The van der Waals surface area contributed by atoms with E-state index in [2.05, 4.69) is 4.98 Å². The van der Waals surface area contributed by atoms with Crippen molar-refractivity contribution in [3.63, 3.8) is 0 Å². The van der Waals surface area contributed by atoms with E-state index in [0.717, 1.165) is 0 Å². The zero-order valence-electron chi connectivity index (χ0n) is 9.11. The zero-order valence-corrected chi connectivity index (χ0v) is 9.11. The summed E-state index contributed by atoms with van der Waals surface area (Å²) in [4.78, 5) is 17.9. The fraction of sp³-hybridized carbons (Fsp3) is 0.455. The molecule has 76 valence electrons. The Labute approximate surface area is 84.8 Å². The normalized spacial score (nSPS) is 11.8. The van der Waals surface area contributed by atoms with Crippen molar-refractivity contribution >= 4 is 5.78 Å². The van der Waals surface area contributed by atoms with Gasteiger partial charge >= 0.3 is 0 Å². The third-order valence-electron chi connectivity index (χ3n) is 2.60. The van der Waals surface area contributed by atoms with Gasteiger partial charge in [-0.1, -0.05) is 0 Å². The Morgan fingerprint density at radius 1 is 1.43 bits per heavy atom. The minimum absolute atomic E-state index is 0.0931. The van der Waals surface area contributed by atoms with E-state index in [1.54, 1.807) is 24.5 Å². The minimum Gasteiger partial charge on any atom is -0.297 e. The number of hydrogen-bond acceptors (Lipinski definition) is 3. The third-order valence-corrected chi connectivity index (χ3v) is 2.60. The van der Waals surface area contributed by atoms with Crippen LogP contribution in [-0.2, 0) is 0 Å². The second-order valence-electron chi connectivity index (χ2n) is 4.02. The lowest BCUT2D eigenvalue weighted by atomic mass is 9.93. The Hall–Kier alpha value is -1.22. The van der Waals surface area contributed by atoms with E-state index in [1.165, 1.54) is 0 Å². The summed E-state index contributed by atoms with van der Waals surface area (Å²) in [5, 5.41) is 0. The standard InChI is InChI=1S/C11H16N2O/c1-11(2,13(3)4)10(14)9-6-5-7-12-8-9/h5-8H,1-4H3. The van der Waals surface area contributed by atoms with Crippen molar-refractivity contribution in [1.29, 1.82) is 0 Å². The molecule has 0 N–H and O–H groups in total. The Morgan fingerprint density at radius 2 is 2.07 bits per heavy atom. The van der Waals surface area contributed by atoms with E-state index in [1.807, 2.05) is 32.8 Å². The van der Waals surface area contributed by atoms with E-state index < -0.39 is 5.54 Å². The van der Waals surface area contributed by atoms with Gasteiger partial charge in [-0.05, 0) is 40.1 Å². The predicted molar refractivity (Wildman–Crippen MR) is 56.3 cm³/mol. The maximum Gasteiger partial charge on any atom is 0.184 e. The largest absolute Gasteiger partial charge is 0.297 e. The van der Waals surface area contributed by atoms with Crippen LogP contribution in [0, 0.1) is 0 Å². The number of likely N-dealkylation sites (N-methyl/N-ethyl adjacent to an activating group) is 1. The SMILES string of the molecule is CN(C)C(C)(C)C(=O)c1cccnc1. The van der Waals surface area contributed by atoms with Gasteiger partial charge in [0.15, 0.2) is 5.78 Å². The summed E-state index contributed by atoms with van der Waals surface area (Å²) in [5.74, 6) is 0.0931. The molecule has 0 atom stereocenters. The molecule has 0 amide bonds. The molecule has 1 aromatic heterocycles. The molecule has 0 aromatic carbocycles. The first-order chi connectivity index (χ1) is 6.46. The molecule has 0 aliphatic carbocycles. The first kappa shape index (κ1) is 10.9. The highest BCUT2D eigenvalue weighted by atomic mass is 16.1. The molecule has 14 heavy (non-hydrogen) atoms. The number of carbonyl (C=O) groups excluding carboxylic acids is 1. The minimum atomic E-state index is -0.483. The highest BCUT2D eigenvalue weighted by Crippen LogP contribution is 2.16. The van der Waals surface area contributed by atoms with Gasteiger partial charge in [-0.3, -0.25) is 14.7 Å². The van der Waals surface area contributed by atoms with Crippen LogP contribution in [-0.4, -0.2) is 35.3 Å². The Bertz CT molecular complexity index is 317. The molecule has 1 rings (SSSR count). The van der Waals surface area contributed by atoms with Gasteiger partial charge in [-0.2, -0.15) is 0 Å². The van der Waals surface area contributed by atoms with Gasteiger partial charge < -0.3 is 0 Å². The molecule has 0 fully saturated rings. The van der Waals surface area contributed by atoms with Crippen LogP contribution in [0.15, 0.2) is 24.5 Å². The molecule has 3 nitrogen and oxygen atoms in total. The smallest absolute Gasteiger partial charge is 0.184 e. The number of rotatable bonds is 3. The van der Waals surface area contributed by atoms with Crippen LogP contribution in [0.2, 0.25) is 0 Å². The number of hydrogen-bond donors (Lipinski definition) is 0. The van der Waals surface area contributed by atoms with Crippen LogP contribution in [0.5, 0.6) is 0 Å². The van der Waals surface area contributed by atoms with Crippen LogP contribution in [0.25, 0.3) is 0 Å². The van der Waals surface area contributed by atoms with E-state index in [9.17, 15) is 4.79 Å². The van der Waals surface area contributed by atoms with E-state index in [-0.39, 0.29) is 5.78 Å². The summed E-state index contributed by atoms with van der Waals surface area (Å²) >= 11 is 0. The van der Waals surface area contributed by atoms with Crippen molar-refractivity contribution in [3.8, 4) is 0 Å². The summed E-state index contributed by atoms with van der Waals surface area (Å²) in [6.07, 6.45) is 3.27. The number of aromatic nitrogens is 1. The molecule has 0 saturated carbocycles. The molecule has 0 aliphatic heterocycles. The summed E-state index contributed by atoms with van der Waals surface area (Å²) in [5.41, 5.74) is 0.175. The van der Waals surface area contributed by atoms with Crippen LogP contribution < -0.4 is 0 Å². The second kappa shape index (κ2) is 3.88. The first-order valence-electron chi connectivity index (χ1n) is 4.58. The van der Waals surface area contributed by atoms with Gasteiger partial charge in [0, 0.05) is 18.0 Å². The lowest BCUT2D eigenvalue weighted by Crippen LogP contribution is -2.45. The molecule has 1 heterocycles. The van der Waals surface area contributed by atoms with E-state index in [0.29, 0.717) is 5.56 Å². The lowest BCUT2D eigenvalue weighted by Gasteiger charge is -2.30. The highest BCUT2D eigenvalue weighted by Gasteiger charge is 2.30. The Morgan fingerprint density at radius 3 is 2.50 bits per heavy atom. The molecule has 0 spiro atoms. The van der Waals surface area contributed by atoms with Crippen LogP contribution in [0.3, 0.4) is 0 Å². The number of ketones is 1. The lowest BCUT2D eigenvalue weighted by molar-refractivity contribution is 0.0755. The molecule has 0 radical (unpaired) electrons. The summed E-state index contributed by atoms with van der Waals surface area (Å²) in [6, 6.07) is 3.57. The van der Waals surface area contributed by atoms with Gasteiger partial charge in [0.1, 0.15) is 0 Å². The van der Waals surface area contributed by atoms with Crippen molar-refractivity contribution in [1.82, 2.24) is 9.88 Å². The Balaban J connectivity index is 2.97. The fourth-order valence-corrected chi connectivity index (χ4v) is 1.05. The van der Waals surface area contributed by atoms with Crippen molar-refractivity contribution in [2.75, 3.05) is 14.1 Å². The molecular formula is C11H16N2O. The van der Waals surface area contributed by atoms with Crippen molar-refractivity contribution in [2.24, 2.45) is 0 Å². The maximum atomic E-state index is 12.0. The summed E-state index contributed by atoms with van der Waals surface area (Å²) in [7, 11) is 3.79. The molecule has 0 aliphatic rings.